The molecule has 0 bridgehead atoms. The third kappa shape index (κ3) is 1.60. The third-order valence-electron chi connectivity index (χ3n) is 2.85. The Morgan fingerprint density at radius 3 is 3.11 bits per heavy atom. The van der Waals surface area contributed by atoms with Gasteiger partial charge in [-0.3, -0.25) is 14.8 Å². The summed E-state index contributed by atoms with van der Waals surface area (Å²) in [5, 5.41) is 7.42. The van der Waals surface area contributed by atoms with E-state index in [1.54, 1.807) is 0 Å². The van der Waals surface area contributed by atoms with Crippen LogP contribution in [0, 0.1) is 18.3 Å². The lowest BCUT2D eigenvalue weighted by Crippen LogP contribution is -2.26. The van der Waals surface area contributed by atoms with Crippen LogP contribution >= 0.6 is 11.6 Å². The predicted molar refractivity (Wildman–Crippen MR) is 66.0 cm³/mol. The van der Waals surface area contributed by atoms with Crippen LogP contribution in [0.15, 0.2) is 6.20 Å². The highest BCUT2D eigenvalue weighted by atomic mass is 35.5. The number of amides is 1. The first-order valence-electron chi connectivity index (χ1n) is 5.32. The van der Waals surface area contributed by atoms with Gasteiger partial charge in [0.1, 0.15) is 5.15 Å². The summed E-state index contributed by atoms with van der Waals surface area (Å²) in [6, 6.07) is 0. The maximum Gasteiger partial charge on any atom is 0.235 e. The third-order valence-corrected chi connectivity index (χ3v) is 3.14. The van der Waals surface area contributed by atoms with Gasteiger partial charge in [-0.2, -0.15) is 15.1 Å². The van der Waals surface area contributed by atoms with Crippen molar-refractivity contribution < 1.29 is 4.79 Å². The molecule has 0 aliphatic carbocycles. The van der Waals surface area contributed by atoms with Gasteiger partial charge in [-0.15, -0.1) is 12.3 Å². The number of anilines is 1. The molecule has 2 aromatic rings. The van der Waals surface area contributed by atoms with E-state index < -0.39 is 0 Å². The standard InChI is InChI=1S/C11H8ClN5O/c1-2-6-3-8(18)17(5-6)11-14-9(12)7-4-13-16-10(7)15-11/h1,4,6H,3,5H2,(H,13,14,15,16). The molecule has 18 heavy (non-hydrogen) atoms. The van der Waals surface area contributed by atoms with Crippen LogP contribution in [0.4, 0.5) is 5.95 Å². The average Bonchev–Trinajstić information content (AvgIpc) is 2.95. The lowest BCUT2D eigenvalue weighted by atomic mass is 10.1. The monoisotopic (exact) mass is 261 g/mol. The highest BCUT2D eigenvalue weighted by Crippen LogP contribution is 2.26. The van der Waals surface area contributed by atoms with Gasteiger partial charge in [0, 0.05) is 18.9 Å². The molecule has 1 aliphatic rings. The summed E-state index contributed by atoms with van der Waals surface area (Å²) in [4.78, 5) is 21.6. The molecule has 1 saturated heterocycles. The smallest absolute Gasteiger partial charge is 0.235 e. The number of nitrogens with zero attached hydrogens (tertiary/aromatic N) is 4. The fraction of sp³-hybridized carbons (Fsp3) is 0.273. The Morgan fingerprint density at radius 2 is 2.39 bits per heavy atom. The van der Waals surface area contributed by atoms with E-state index in [1.807, 2.05) is 0 Å². The van der Waals surface area contributed by atoms with Crippen molar-refractivity contribution in [1.82, 2.24) is 20.2 Å². The van der Waals surface area contributed by atoms with Crippen molar-refractivity contribution in [3.63, 3.8) is 0 Å². The van der Waals surface area contributed by atoms with Crippen LogP contribution in [0.25, 0.3) is 11.0 Å². The first-order valence-corrected chi connectivity index (χ1v) is 5.70. The largest absolute Gasteiger partial charge is 0.279 e. The second-order valence-electron chi connectivity index (χ2n) is 4.02. The molecular weight excluding hydrogens is 254 g/mol. The van der Waals surface area contributed by atoms with Gasteiger partial charge < -0.3 is 0 Å². The summed E-state index contributed by atoms with van der Waals surface area (Å²) in [6.45, 7) is 0.422. The van der Waals surface area contributed by atoms with Crippen molar-refractivity contribution in [2.24, 2.45) is 5.92 Å². The maximum atomic E-state index is 11.8. The molecule has 1 aliphatic heterocycles. The molecule has 1 N–H and O–H groups in total. The number of rotatable bonds is 1. The van der Waals surface area contributed by atoms with Crippen LogP contribution in [0.5, 0.6) is 0 Å². The molecule has 1 unspecified atom stereocenters. The van der Waals surface area contributed by atoms with Gasteiger partial charge >= 0.3 is 0 Å². The van der Waals surface area contributed by atoms with Crippen molar-refractivity contribution >= 4 is 34.5 Å². The van der Waals surface area contributed by atoms with Gasteiger partial charge in [0.15, 0.2) is 5.65 Å². The molecule has 6 nitrogen and oxygen atoms in total. The van der Waals surface area contributed by atoms with Crippen LogP contribution in [0.2, 0.25) is 5.15 Å². The predicted octanol–water partition coefficient (Wildman–Crippen LogP) is 0.992. The van der Waals surface area contributed by atoms with Gasteiger partial charge in [0.05, 0.1) is 11.6 Å². The highest BCUT2D eigenvalue weighted by Gasteiger charge is 2.31. The Hall–Kier alpha value is -2.13. The number of aromatic nitrogens is 4. The van der Waals surface area contributed by atoms with Gasteiger partial charge in [-0.25, -0.2) is 0 Å². The summed E-state index contributed by atoms with van der Waals surface area (Å²) in [5.41, 5.74) is 0.502. The zero-order valence-electron chi connectivity index (χ0n) is 9.22. The minimum Gasteiger partial charge on any atom is -0.279 e. The lowest BCUT2D eigenvalue weighted by Gasteiger charge is -2.13. The molecule has 3 rings (SSSR count). The normalized spacial score (nSPS) is 19.4. The Labute approximate surface area is 107 Å². The molecule has 3 heterocycles. The number of hydrogen-bond donors (Lipinski definition) is 1. The quantitative estimate of drug-likeness (QED) is 0.614. The van der Waals surface area contributed by atoms with Crippen LogP contribution in [-0.4, -0.2) is 32.6 Å². The molecule has 90 valence electrons. The molecule has 1 atom stereocenters. The Kier molecular flexibility index (Phi) is 2.42. The van der Waals surface area contributed by atoms with Gasteiger partial charge in [-0.1, -0.05) is 11.6 Å². The molecule has 1 amide bonds. The minimum atomic E-state index is -0.0997. The molecule has 0 aromatic carbocycles. The van der Waals surface area contributed by atoms with Crippen molar-refractivity contribution in [3.8, 4) is 12.3 Å². The van der Waals surface area contributed by atoms with Gasteiger partial charge in [0.25, 0.3) is 0 Å². The molecular formula is C11H8ClN5O. The van der Waals surface area contributed by atoms with E-state index in [0.29, 0.717) is 24.0 Å². The Morgan fingerprint density at radius 1 is 1.56 bits per heavy atom. The minimum absolute atomic E-state index is 0.0899. The number of carbonyl (C=O) groups is 1. The lowest BCUT2D eigenvalue weighted by molar-refractivity contribution is -0.117. The average molecular weight is 262 g/mol. The molecule has 2 aromatic heterocycles. The Bertz CT molecular complexity index is 674. The van der Waals surface area contributed by atoms with E-state index in [-0.39, 0.29) is 22.9 Å². The van der Waals surface area contributed by atoms with Crippen molar-refractivity contribution in [3.05, 3.63) is 11.3 Å². The highest BCUT2D eigenvalue weighted by molar-refractivity contribution is 6.34. The van der Waals surface area contributed by atoms with E-state index in [9.17, 15) is 4.79 Å². The summed E-state index contributed by atoms with van der Waals surface area (Å²) in [6.07, 6.45) is 7.19. The van der Waals surface area contributed by atoms with Crippen LogP contribution in [-0.2, 0) is 4.79 Å². The van der Waals surface area contributed by atoms with E-state index in [2.05, 4.69) is 26.1 Å². The number of aromatic amines is 1. The Balaban J connectivity index is 2.05. The zero-order chi connectivity index (χ0) is 12.7. The van der Waals surface area contributed by atoms with Crippen LogP contribution in [0.3, 0.4) is 0 Å². The van der Waals surface area contributed by atoms with Crippen LogP contribution in [0.1, 0.15) is 6.42 Å². The summed E-state index contributed by atoms with van der Waals surface area (Å²) < 4.78 is 0. The second kappa shape index (κ2) is 3.96. The van der Waals surface area contributed by atoms with E-state index in [1.165, 1.54) is 11.1 Å². The second-order valence-corrected chi connectivity index (χ2v) is 4.38. The molecule has 0 spiro atoms. The maximum absolute atomic E-state index is 11.8. The molecule has 7 heteroatoms. The van der Waals surface area contributed by atoms with Gasteiger partial charge in [-0.05, 0) is 0 Å². The van der Waals surface area contributed by atoms with Crippen molar-refractivity contribution in [1.29, 1.82) is 0 Å². The van der Waals surface area contributed by atoms with Crippen LogP contribution < -0.4 is 4.90 Å². The number of nitrogens with one attached hydrogen (secondary N) is 1. The first kappa shape index (κ1) is 11.0. The fourth-order valence-corrected chi connectivity index (χ4v) is 2.14. The van der Waals surface area contributed by atoms with E-state index >= 15 is 0 Å². The van der Waals surface area contributed by atoms with E-state index in [4.69, 9.17) is 18.0 Å². The SMILES string of the molecule is C#CC1CC(=O)N(c2nc(Cl)c3cn[nH]c3n2)C1. The summed E-state index contributed by atoms with van der Waals surface area (Å²) in [5.74, 6) is 2.64. The zero-order valence-corrected chi connectivity index (χ0v) is 9.98. The molecule has 1 fully saturated rings. The fourth-order valence-electron chi connectivity index (χ4n) is 1.92. The number of halogens is 1. The summed E-state index contributed by atoms with van der Waals surface area (Å²) in [7, 11) is 0. The number of carbonyl (C=O) groups excluding carboxylic acids is 1. The van der Waals surface area contributed by atoms with Crippen molar-refractivity contribution in [2.45, 2.75) is 6.42 Å². The number of hydrogen-bond acceptors (Lipinski definition) is 4. The molecule has 0 saturated carbocycles. The number of H-pyrrole nitrogens is 1. The molecule has 0 radical (unpaired) electrons. The summed E-state index contributed by atoms with van der Waals surface area (Å²) >= 11 is 6.01. The number of terminal acetylenes is 1. The first-order chi connectivity index (χ1) is 8.69. The van der Waals surface area contributed by atoms with Gasteiger partial charge in [0.2, 0.25) is 11.9 Å². The van der Waals surface area contributed by atoms with Crippen molar-refractivity contribution in [2.75, 3.05) is 11.4 Å². The number of fused-ring (bicyclic) bond motifs is 1. The van der Waals surface area contributed by atoms with E-state index in [0.717, 1.165) is 0 Å². The topological polar surface area (TPSA) is 74.8 Å².